The first-order valence-corrected chi connectivity index (χ1v) is 6.45. The summed E-state index contributed by atoms with van der Waals surface area (Å²) in [4.78, 5) is 0. The monoisotopic (exact) mass is 243 g/mol. The summed E-state index contributed by atoms with van der Waals surface area (Å²) in [5.41, 5.74) is 5.03. The molecule has 2 aromatic rings. The summed E-state index contributed by atoms with van der Waals surface area (Å²) in [5, 5.41) is 3.40. The molecule has 0 aliphatic rings. The van der Waals surface area contributed by atoms with E-state index >= 15 is 0 Å². The maximum absolute atomic E-state index is 5.60. The molecule has 0 radical (unpaired) electrons. The van der Waals surface area contributed by atoms with E-state index in [1.54, 1.807) is 6.26 Å². The minimum absolute atomic E-state index is 0.460. The van der Waals surface area contributed by atoms with Gasteiger partial charge >= 0.3 is 0 Å². The second-order valence-corrected chi connectivity index (χ2v) is 5.11. The molecule has 2 nitrogen and oxygen atoms in total. The first-order chi connectivity index (χ1) is 8.58. The fourth-order valence-electron chi connectivity index (χ4n) is 2.04. The molecule has 0 spiro atoms. The van der Waals surface area contributed by atoms with Gasteiger partial charge in [-0.1, -0.05) is 37.6 Å². The quantitative estimate of drug-likeness (QED) is 0.876. The fraction of sp³-hybridized carbons (Fsp3) is 0.375. The van der Waals surface area contributed by atoms with Gasteiger partial charge in [0.05, 0.1) is 12.8 Å². The molecule has 2 heteroatoms. The third kappa shape index (κ3) is 2.82. The van der Waals surface area contributed by atoms with Crippen LogP contribution in [-0.2, 0) is 6.54 Å². The lowest BCUT2D eigenvalue weighted by molar-refractivity contribution is 0.466. The van der Waals surface area contributed by atoms with Crippen LogP contribution in [0.25, 0.3) is 11.1 Å². The van der Waals surface area contributed by atoms with Crippen molar-refractivity contribution in [2.45, 2.75) is 40.3 Å². The SMILES string of the molecule is Cc1ccc(C)c(-c2ccoc2CNC(C)C)c1. The molecule has 96 valence electrons. The van der Waals surface area contributed by atoms with Gasteiger partial charge < -0.3 is 9.73 Å². The summed E-state index contributed by atoms with van der Waals surface area (Å²) in [6.45, 7) is 9.31. The van der Waals surface area contributed by atoms with E-state index in [1.165, 1.54) is 22.3 Å². The topological polar surface area (TPSA) is 25.2 Å². The molecule has 0 aliphatic carbocycles. The van der Waals surface area contributed by atoms with Gasteiger partial charge in [-0.2, -0.15) is 0 Å². The fourth-order valence-corrected chi connectivity index (χ4v) is 2.04. The average molecular weight is 243 g/mol. The molecular formula is C16H21NO. The van der Waals surface area contributed by atoms with Gasteiger partial charge in [0.25, 0.3) is 0 Å². The summed E-state index contributed by atoms with van der Waals surface area (Å²) in [6, 6.07) is 9.04. The van der Waals surface area contributed by atoms with Crippen LogP contribution in [0.1, 0.15) is 30.7 Å². The number of benzene rings is 1. The van der Waals surface area contributed by atoms with E-state index in [1.807, 2.05) is 0 Å². The minimum Gasteiger partial charge on any atom is -0.467 e. The Balaban J connectivity index is 2.33. The average Bonchev–Trinajstić information content (AvgIpc) is 2.77. The molecule has 0 amide bonds. The molecule has 1 aromatic heterocycles. The zero-order valence-corrected chi connectivity index (χ0v) is 11.6. The molecule has 1 N–H and O–H groups in total. The van der Waals surface area contributed by atoms with Crippen LogP contribution >= 0.6 is 0 Å². The molecule has 0 unspecified atom stereocenters. The third-order valence-electron chi connectivity index (χ3n) is 3.10. The Labute approximate surface area is 109 Å². The molecule has 0 atom stereocenters. The van der Waals surface area contributed by atoms with Gasteiger partial charge in [0.2, 0.25) is 0 Å². The van der Waals surface area contributed by atoms with Crippen LogP contribution in [0.4, 0.5) is 0 Å². The van der Waals surface area contributed by atoms with Crippen molar-refractivity contribution in [1.29, 1.82) is 0 Å². The summed E-state index contributed by atoms with van der Waals surface area (Å²) in [7, 11) is 0. The van der Waals surface area contributed by atoms with E-state index in [4.69, 9.17) is 4.42 Å². The van der Waals surface area contributed by atoms with Crippen LogP contribution in [0.5, 0.6) is 0 Å². The zero-order valence-electron chi connectivity index (χ0n) is 11.6. The van der Waals surface area contributed by atoms with E-state index in [-0.39, 0.29) is 0 Å². The van der Waals surface area contributed by atoms with Crippen LogP contribution in [0.2, 0.25) is 0 Å². The van der Waals surface area contributed by atoms with E-state index < -0.39 is 0 Å². The van der Waals surface area contributed by atoms with Crippen LogP contribution < -0.4 is 5.32 Å². The highest BCUT2D eigenvalue weighted by molar-refractivity contribution is 5.69. The van der Waals surface area contributed by atoms with E-state index in [0.29, 0.717) is 6.04 Å². The van der Waals surface area contributed by atoms with E-state index in [9.17, 15) is 0 Å². The van der Waals surface area contributed by atoms with Crippen LogP contribution in [0, 0.1) is 13.8 Å². The molecule has 0 bridgehead atoms. The Morgan fingerprint density at radius 3 is 2.61 bits per heavy atom. The van der Waals surface area contributed by atoms with Crippen molar-refractivity contribution in [1.82, 2.24) is 5.32 Å². The number of hydrogen-bond donors (Lipinski definition) is 1. The molecule has 0 saturated carbocycles. The van der Waals surface area contributed by atoms with E-state index in [0.717, 1.165) is 12.3 Å². The molecule has 0 saturated heterocycles. The first-order valence-electron chi connectivity index (χ1n) is 6.45. The molecule has 0 fully saturated rings. The summed E-state index contributed by atoms with van der Waals surface area (Å²) in [6.07, 6.45) is 1.77. The first kappa shape index (κ1) is 12.9. The highest BCUT2D eigenvalue weighted by atomic mass is 16.3. The number of rotatable bonds is 4. The largest absolute Gasteiger partial charge is 0.467 e. The summed E-state index contributed by atoms with van der Waals surface area (Å²) < 4.78 is 5.60. The third-order valence-corrected chi connectivity index (χ3v) is 3.10. The van der Waals surface area contributed by atoms with Gasteiger partial charge in [-0.15, -0.1) is 0 Å². The van der Waals surface area contributed by atoms with Crippen molar-refractivity contribution in [3.05, 3.63) is 47.4 Å². The van der Waals surface area contributed by atoms with Crippen LogP contribution in [-0.4, -0.2) is 6.04 Å². The standard InChI is InChI=1S/C16H21NO/c1-11(2)17-10-16-14(7-8-18-16)15-9-12(3)5-6-13(15)4/h5-9,11,17H,10H2,1-4H3. The predicted molar refractivity (Wildman–Crippen MR) is 75.6 cm³/mol. The Morgan fingerprint density at radius 1 is 1.11 bits per heavy atom. The molecule has 1 aromatic carbocycles. The van der Waals surface area contributed by atoms with Gasteiger partial charge in [-0.3, -0.25) is 0 Å². The Kier molecular flexibility index (Phi) is 3.87. The number of hydrogen-bond acceptors (Lipinski definition) is 2. The lowest BCUT2D eigenvalue weighted by atomic mass is 9.99. The van der Waals surface area contributed by atoms with Gasteiger partial charge in [0, 0.05) is 11.6 Å². The van der Waals surface area contributed by atoms with Crippen molar-refractivity contribution in [2.24, 2.45) is 0 Å². The lowest BCUT2D eigenvalue weighted by Gasteiger charge is -2.10. The summed E-state index contributed by atoms with van der Waals surface area (Å²) in [5.74, 6) is 1.01. The Bertz CT molecular complexity index is 526. The highest BCUT2D eigenvalue weighted by Gasteiger charge is 2.11. The Morgan fingerprint density at radius 2 is 1.89 bits per heavy atom. The van der Waals surface area contributed by atoms with Crippen molar-refractivity contribution in [2.75, 3.05) is 0 Å². The second-order valence-electron chi connectivity index (χ2n) is 5.11. The summed E-state index contributed by atoms with van der Waals surface area (Å²) >= 11 is 0. The maximum atomic E-state index is 5.60. The highest BCUT2D eigenvalue weighted by Crippen LogP contribution is 2.28. The predicted octanol–water partition coefficient (Wildman–Crippen LogP) is 4.06. The minimum atomic E-state index is 0.460. The van der Waals surface area contributed by atoms with Gasteiger partial charge in [-0.05, 0) is 31.0 Å². The normalized spacial score (nSPS) is 11.2. The molecule has 2 rings (SSSR count). The number of furan rings is 1. The molecule has 18 heavy (non-hydrogen) atoms. The van der Waals surface area contributed by atoms with Crippen LogP contribution in [0.3, 0.4) is 0 Å². The number of aryl methyl sites for hydroxylation is 2. The Hall–Kier alpha value is -1.54. The van der Waals surface area contributed by atoms with Crippen molar-refractivity contribution in [3.63, 3.8) is 0 Å². The van der Waals surface area contributed by atoms with Crippen molar-refractivity contribution in [3.8, 4) is 11.1 Å². The van der Waals surface area contributed by atoms with Gasteiger partial charge in [0.1, 0.15) is 5.76 Å². The molecule has 0 aliphatic heterocycles. The zero-order chi connectivity index (χ0) is 13.1. The van der Waals surface area contributed by atoms with E-state index in [2.05, 4.69) is 57.3 Å². The van der Waals surface area contributed by atoms with Crippen molar-refractivity contribution >= 4 is 0 Å². The molecular weight excluding hydrogens is 222 g/mol. The van der Waals surface area contributed by atoms with Crippen LogP contribution in [0.15, 0.2) is 34.9 Å². The van der Waals surface area contributed by atoms with Crippen molar-refractivity contribution < 1.29 is 4.42 Å². The second kappa shape index (κ2) is 5.40. The number of nitrogens with one attached hydrogen (secondary N) is 1. The van der Waals surface area contributed by atoms with Gasteiger partial charge in [0.15, 0.2) is 0 Å². The smallest absolute Gasteiger partial charge is 0.125 e. The maximum Gasteiger partial charge on any atom is 0.125 e. The molecule has 1 heterocycles. The van der Waals surface area contributed by atoms with Gasteiger partial charge in [-0.25, -0.2) is 0 Å². The lowest BCUT2D eigenvalue weighted by Crippen LogP contribution is -2.21.